The summed E-state index contributed by atoms with van der Waals surface area (Å²) in [6, 6.07) is 10.1. The van der Waals surface area contributed by atoms with Gasteiger partial charge in [0.1, 0.15) is 11.5 Å². The van der Waals surface area contributed by atoms with Crippen LogP contribution in [-0.2, 0) is 12.8 Å². The monoisotopic (exact) mass is 256 g/mol. The summed E-state index contributed by atoms with van der Waals surface area (Å²) in [6.07, 6.45) is 2.85. The third-order valence-electron chi connectivity index (χ3n) is 3.52. The average molecular weight is 256 g/mol. The van der Waals surface area contributed by atoms with Crippen molar-refractivity contribution >= 4 is 11.7 Å². The fourth-order valence-corrected chi connectivity index (χ4v) is 2.54. The van der Waals surface area contributed by atoms with Crippen molar-refractivity contribution in [3.8, 4) is 0 Å². The highest BCUT2D eigenvalue weighted by Crippen LogP contribution is 2.21. The number of anilines is 1. The number of aromatic nitrogens is 2. The second kappa shape index (κ2) is 4.76. The van der Waals surface area contributed by atoms with Crippen LogP contribution in [0.1, 0.15) is 28.0 Å². The maximum absolute atomic E-state index is 12.0. The van der Waals surface area contributed by atoms with E-state index in [-0.39, 0.29) is 11.9 Å². The summed E-state index contributed by atoms with van der Waals surface area (Å²) in [5.74, 6) is 0.188. The van der Waals surface area contributed by atoms with E-state index in [0.29, 0.717) is 11.5 Å². The van der Waals surface area contributed by atoms with Gasteiger partial charge >= 0.3 is 0 Å². The van der Waals surface area contributed by atoms with Gasteiger partial charge in [0, 0.05) is 12.1 Å². The summed E-state index contributed by atoms with van der Waals surface area (Å²) >= 11 is 0. The third kappa shape index (κ3) is 2.45. The Bertz CT molecular complexity index is 605. The predicted molar refractivity (Wildman–Crippen MR) is 72.7 cm³/mol. The number of H-pyrrole nitrogens is 1. The summed E-state index contributed by atoms with van der Waals surface area (Å²) in [5, 5.41) is 9.41. The Labute approximate surface area is 111 Å². The van der Waals surface area contributed by atoms with E-state index in [1.807, 2.05) is 6.07 Å². The molecule has 1 aliphatic carbocycles. The van der Waals surface area contributed by atoms with Gasteiger partial charge in [0.25, 0.3) is 5.91 Å². The molecule has 5 heteroatoms. The van der Waals surface area contributed by atoms with Crippen LogP contribution in [0.3, 0.4) is 0 Å². The molecule has 0 fully saturated rings. The van der Waals surface area contributed by atoms with Crippen molar-refractivity contribution in [3.63, 3.8) is 0 Å². The van der Waals surface area contributed by atoms with Gasteiger partial charge in [-0.25, -0.2) is 0 Å². The first-order valence-corrected chi connectivity index (χ1v) is 6.41. The van der Waals surface area contributed by atoms with Crippen LogP contribution in [0, 0.1) is 0 Å². The first-order valence-electron chi connectivity index (χ1n) is 6.41. The molecule has 1 aliphatic rings. The third-order valence-corrected chi connectivity index (χ3v) is 3.52. The number of nitrogens with two attached hydrogens (primary N) is 1. The SMILES string of the molecule is Nc1cc(C(=O)NC2CCc3ccccc3C2)[nH]n1. The number of carbonyl (C=O) groups is 1. The summed E-state index contributed by atoms with van der Waals surface area (Å²) < 4.78 is 0. The molecule has 19 heavy (non-hydrogen) atoms. The first kappa shape index (κ1) is 11.8. The average Bonchev–Trinajstić information content (AvgIpc) is 2.85. The van der Waals surface area contributed by atoms with Crippen LogP contribution in [-0.4, -0.2) is 22.1 Å². The van der Waals surface area contributed by atoms with E-state index in [9.17, 15) is 4.79 Å². The lowest BCUT2D eigenvalue weighted by Gasteiger charge is -2.25. The van der Waals surface area contributed by atoms with Gasteiger partial charge in [-0.05, 0) is 30.4 Å². The molecule has 2 aromatic rings. The lowest BCUT2D eigenvalue weighted by Crippen LogP contribution is -2.39. The highest BCUT2D eigenvalue weighted by atomic mass is 16.2. The number of nitrogens with one attached hydrogen (secondary N) is 2. The Morgan fingerprint density at radius 2 is 2.16 bits per heavy atom. The van der Waals surface area contributed by atoms with Crippen LogP contribution in [0.5, 0.6) is 0 Å². The Morgan fingerprint density at radius 3 is 2.89 bits per heavy atom. The van der Waals surface area contributed by atoms with Crippen LogP contribution in [0.2, 0.25) is 0 Å². The summed E-state index contributed by atoms with van der Waals surface area (Å²) in [5.41, 5.74) is 8.61. The van der Waals surface area contributed by atoms with E-state index < -0.39 is 0 Å². The van der Waals surface area contributed by atoms with Gasteiger partial charge in [0.15, 0.2) is 0 Å². The molecule has 0 spiro atoms. The summed E-state index contributed by atoms with van der Waals surface area (Å²) in [7, 11) is 0. The topological polar surface area (TPSA) is 83.8 Å². The molecule has 98 valence electrons. The summed E-state index contributed by atoms with van der Waals surface area (Å²) in [4.78, 5) is 12.0. The number of hydrogen-bond acceptors (Lipinski definition) is 3. The molecule has 5 nitrogen and oxygen atoms in total. The molecule has 0 saturated heterocycles. The molecule has 1 amide bonds. The van der Waals surface area contributed by atoms with Crippen molar-refractivity contribution in [2.45, 2.75) is 25.3 Å². The molecule has 4 N–H and O–H groups in total. The maximum atomic E-state index is 12.0. The van der Waals surface area contributed by atoms with Gasteiger partial charge < -0.3 is 11.1 Å². The molecule has 0 saturated carbocycles. The number of hydrogen-bond donors (Lipinski definition) is 3. The van der Waals surface area contributed by atoms with Gasteiger partial charge in [-0.2, -0.15) is 5.10 Å². The summed E-state index contributed by atoms with van der Waals surface area (Å²) in [6.45, 7) is 0. The first-order chi connectivity index (χ1) is 9.22. The van der Waals surface area contributed by atoms with Crippen LogP contribution in [0.25, 0.3) is 0 Å². The van der Waals surface area contributed by atoms with Crippen molar-refractivity contribution in [3.05, 3.63) is 47.2 Å². The van der Waals surface area contributed by atoms with E-state index >= 15 is 0 Å². The van der Waals surface area contributed by atoms with E-state index in [0.717, 1.165) is 19.3 Å². The minimum atomic E-state index is -0.145. The molecule has 1 aromatic heterocycles. The number of fused-ring (bicyclic) bond motifs is 1. The minimum absolute atomic E-state index is 0.145. The second-order valence-electron chi connectivity index (χ2n) is 4.89. The molecule has 3 rings (SSSR count). The fourth-order valence-electron chi connectivity index (χ4n) is 2.54. The largest absolute Gasteiger partial charge is 0.382 e. The number of aromatic amines is 1. The number of amides is 1. The predicted octanol–water partition coefficient (Wildman–Crippen LogP) is 1.28. The van der Waals surface area contributed by atoms with E-state index in [1.54, 1.807) is 6.07 Å². The molecular formula is C14H16N4O. The number of aryl methyl sites for hydroxylation is 1. The second-order valence-corrected chi connectivity index (χ2v) is 4.89. The zero-order valence-electron chi connectivity index (χ0n) is 10.5. The van der Waals surface area contributed by atoms with Crippen molar-refractivity contribution in [2.75, 3.05) is 5.73 Å². The number of benzene rings is 1. The van der Waals surface area contributed by atoms with Crippen molar-refractivity contribution in [2.24, 2.45) is 0 Å². The number of nitrogens with zero attached hydrogens (tertiary/aromatic N) is 1. The van der Waals surface area contributed by atoms with E-state index in [1.165, 1.54) is 11.1 Å². The van der Waals surface area contributed by atoms with Gasteiger partial charge in [0.05, 0.1) is 0 Å². The van der Waals surface area contributed by atoms with E-state index in [2.05, 4.69) is 33.7 Å². The van der Waals surface area contributed by atoms with Gasteiger partial charge in [-0.3, -0.25) is 9.89 Å². The number of nitrogen functional groups attached to an aromatic ring is 1. The van der Waals surface area contributed by atoms with Crippen LogP contribution >= 0.6 is 0 Å². The number of carbonyl (C=O) groups excluding carboxylic acids is 1. The lowest BCUT2D eigenvalue weighted by atomic mass is 9.88. The van der Waals surface area contributed by atoms with Gasteiger partial charge in [0.2, 0.25) is 0 Å². The lowest BCUT2D eigenvalue weighted by molar-refractivity contribution is 0.0928. The molecular weight excluding hydrogens is 240 g/mol. The Morgan fingerprint density at radius 1 is 1.37 bits per heavy atom. The van der Waals surface area contributed by atoms with Crippen molar-refractivity contribution < 1.29 is 4.79 Å². The Balaban J connectivity index is 1.68. The zero-order valence-corrected chi connectivity index (χ0v) is 10.5. The van der Waals surface area contributed by atoms with E-state index in [4.69, 9.17) is 5.73 Å². The highest BCUT2D eigenvalue weighted by Gasteiger charge is 2.20. The number of rotatable bonds is 2. The van der Waals surface area contributed by atoms with Crippen LogP contribution in [0.15, 0.2) is 30.3 Å². The molecule has 1 aromatic carbocycles. The molecule has 0 bridgehead atoms. The van der Waals surface area contributed by atoms with Crippen LogP contribution in [0.4, 0.5) is 5.82 Å². The highest BCUT2D eigenvalue weighted by molar-refractivity contribution is 5.93. The van der Waals surface area contributed by atoms with Crippen LogP contribution < -0.4 is 11.1 Å². The molecule has 0 aliphatic heterocycles. The quantitative estimate of drug-likeness (QED) is 0.756. The fraction of sp³-hybridized carbons (Fsp3) is 0.286. The van der Waals surface area contributed by atoms with Crippen molar-refractivity contribution in [1.29, 1.82) is 0 Å². The maximum Gasteiger partial charge on any atom is 0.269 e. The molecule has 1 unspecified atom stereocenters. The molecule has 0 radical (unpaired) electrons. The van der Waals surface area contributed by atoms with Gasteiger partial charge in [-0.1, -0.05) is 24.3 Å². The molecule has 1 heterocycles. The van der Waals surface area contributed by atoms with Gasteiger partial charge in [-0.15, -0.1) is 0 Å². The smallest absolute Gasteiger partial charge is 0.269 e. The van der Waals surface area contributed by atoms with Crippen molar-refractivity contribution in [1.82, 2.24) is 15.5 Å². The molecule has 1 atom stereocenters. The Hall–Kier alpha value is -2.30. The standard InChI is InChI=1S/C14H16N4O/c15-13-8-12(17-18-13)14(19)16-11-6-5-9-3-1-2-4-10(9)7-11/h1-4,8,11H,5-7H2,(H,16,19)(H3,15,17,18). The zero-order chi connectivity index (χ0) is 13.2. The Kier molecular flexibility index (Phi) is 2.95. The minimum Gasteiger partial charge on any atom is -0.382 e. The normalized spacial score (nSPS) is 17.8.